The third kappa shape index (κ3) is 5.42. The zero-order chi connectivity index (χ0) is 22.4. The van der Waals surface area contributed by atoms with Crippen LogP contribution in [0.3, 0.4) is 0 Å². The van der Waals surface area contributed by atoms with Crippen molar-refractivity contribution >= 4 is 34.3 Å². The van der Waals surface area contributed by atoms with E-state index < -0.39 is 28.5 Å². The number of methoxy groups -OCH3 is 1. The summed E-state index contributed by atoms with van der Waals surface area (Å²) in [6, 6.07) is 17.5. The Bertz CT molecular complexity index is 1100. The van der Waals surface area contributed by atoms with Crippen molar-refractivity contribution in [1.82, 2.24) is 5.59 Å². The van der Waals surface area contributed by atoms with Crippen LogP contribution in [0.25, 0.3) is 0 Å². The molecule has 4 N–H and O–H groups in total. The fraction of sp³-hybridized carbons (Fsp3) is 0.0500. The van der Waals surface area contributed by atoms with Crippen LogP contribution in [0.4, 0.5) is 17.1 Å². The van der Waals surface area contributed by atoms with E-state index in [0.717, 1.165) is 17.8 Å². The van der Waals surface area contributed by atoms with Crippen molar-refractivity contribution in [3.05, 3.63) is 72.3 Å². The Morgan fingerprint density at radius 2 is 1.81 bits per heavy atom. The summed E-state index contributed by atoms with van der Waals surface area (Å²) in [6.07, 6.45) is 0. The van der Waals surface area contributed by atoms with Crippen molar-refractivity contribution in [1.29, 1.82) is 0 Å². The van der Waals surface area contributed by atoms with E-state index in [4.69, 9.17) is 14.7 Å². The molecule has 0 aliphatic rings. The van der Waals surface area contributed by atoms with E-state index in [1.165, 1.54) is 19.2 Å². The number of hydrazine groups is 1. The lowest BCUT2D eigenvalue weighted by molar-refractivity contribution is 0.0692. The number of ether oxygens (including phenoxy) is 1. The minimum absolute atomic E-state index is 0.0352. The SMILES string of the molecule is COc1cc(Nc2ccccc2)ccc1N(NOc1ccc(O)c(C(=O)O)c1)S(=O)[O-]. The van der Waals surface area contributed by atoms with Crippen molar-refractivity contribution < 1.29 is 33.3 Å². The van der Waals surface area contributed by atoms with Crippen molar-refractivity contribution in [3.8, 4) is 17.2 Å². The zero-order valence-electron chi connectivity index (χ0n) is 16.1. The number of rotatable bonds is 9. The van der Waals surface area contributed by atoms with Crippen LogP contribution < -0.4 is 24.9 Å². The Morgan fingerprint density at radius 3 is 2.45 bits per heavy atom. The van der Waals surface area contributed by atoms with E-state index in [1.807, 2.05) is 30.3 Å². The summed E-state index contributed by atoms with van der Waals surface area (Å²) in [6.45, 7) is 0. The molecule has 0 aliphatic heterocycles. The van der Waals surface area contributed by atoms with Gasteiger partial charge in [-0.25, -0.2) is 4.79 Å². The number of carboxylic acid groups (broad SMARTS) is 1. The monoisotopic (exact) mass is 444 g/mol. The molecule has 31 heavy (non-hydrogen) atoms. The highest BCUT2D eigenvalue weighted by Gasteiger charge is 2.16. The molecule has 0 spiro atoms. The van der Waals surface area contributed by atoms with Gasteiger partial charge in [0.25, 0.3) is 0 Å². The molecule has 1 unspecified atom stereocenters. The van der Waals surface area contributed by atoms with Crippen LogP contribution in [0.2, 0.25) is 0 Å². The van der Waals surface area contributed by atoms with E-state index >= 15 is 0 Å². The molecule has 162 valence electrons. The smallest absolute Gasteiger partial charge is 0.339 e. The molecule has 1 atom stereocenters. The van der Waals surface area contributed by atoms with E-state index in [0.29, 0.717) is 10.1 Å². The molecule has 0 heterocycles. The second-order valence-electron chi connectivity index (χ2n) is 6.07. The summed E-state index contributed by atoms with van der Waals surface area (Å²) >= 11 is -2.82. The van der Waals surface area contributed by atoms with Crippen molar-refractivity contribution in [2.24, 2.45) is 0 Å². The number of hydrogen-bond donors (Lipinski definition) is 4. The van der Waals surface area contributed by atoms with E-state index in [2.05, 4.69) is 10.9 Å². The van der Waals surface area contributed by atoms with Crippen molar-refractivity contribution in [2.45, 2.75) is 0 Å². The van der Waals surface area contributed by atoms with Crippen LogP contribution in [-0.2, 0) is 11.3 Å². The highest BCUT2D eigenvalue weighted by Crippen LogP contribution is 2.32. The number of carboxylic acids is 1. The summed E-state index contributed by atoms with van der Waals surface area (Å²) in [5.74, 6) is -1.63. The number of phenols is 1. The maximum atomic E-state index is 11.8. The Hall–Kier alpha value is -3.80. The lowest BCUT2D eigenvalue weighted by atomic mass is 10.2. The second-order valence-corrected chi connectivity index (χ2v) is 6.87. The largest absolute Gasteiger partial charge is 0.754 e. The van der Waals surface area contributed by atoms with Gasteiger partial charge in [-0.05, 0) is 36.4 Å². The molecule has 0 aromatic heterocycles. The first-order valence-electron chi connectivity index (χ1n) is 8.77. The fourth-order valence-electron chi connectivity index (χ4n) is 2.62. The lowest BCUT2D eigenvalue weighted by Crippen LogP contribution is -2.42. The minimum atomic E-state index is -2.82. The highest BCUT2D eigenvalue weighted by atomic mass is 32.2. The van der Waals surface area contributed by atoms with Gasteiger partial charge >= 0.3 is 5.97 Å². The van der Waals surface area contributed by atoms with Gasteiger partial charge in [0.15, 0.2) is 5.75 Å². The molecule has 10 nitrogen and oxygen atoms in total. The number of anilines is 3. The van der Waals surface area contributed by atoms with E-state index in [-0.39, 0.29) is 17.2 Å². The molecule has 3 rings (SSSR count). The number of carbonyl (C=O) groups is 1. The maximum absolute atomic E-state index is 11.8. The molecule has 0 amide bonds. The Balaban J connectivity index is 1.81. The number of hydrogen-bond acceptors (Lipinski definition) is 8. The van der Waals surface area contributed by atoms with Gasteiger partial charge in [0.2, 0.25) is 0 Å². The van der Waals surface area contributed by atoms with Crippen molar-refractivity contribution in [2.75, 3.05) is 16.8 Å². The van der Waals surface area contributed by atoms with Crippen LogP contribution in [0.1, 0.15) is 10.4 Å². The Morgan fingerprint density at radius 1 is 1.06 bits per heavy atom. The van der Waals surface area contributed by atoms with Gasteiger partial charge in [-0.2, -0.15) is 4.41 Å². The third-order valence-electron chi connectivity index (χ3n) is 4.05. The molecule has 11 heteroatoms. The number of para-hydroxylation sites is 1. The maximum Gasteiger partial charge on any atom is 0.339 e. The van der Waals surface area contributed by atoms with Crippen LogP contribution >= 0.6 is 0 Å². The molecule has 0 saturated heterocycles. The van der Waals surface area contributed by atoms with Gasteiger partial charge in [0.1, 0.15) is 22.7 Å². The number of benzene rings is 3. The molecule has 0 saturated carbocycles. The summed E-state index contributed by atoms with van der Waals surface area (Å²) in [4.78, 5) is 16.3. The highest BCUT2D eigenvalue weighted by molar-refractivity contribution is 7.80. The number of nitrogens with one attached hydrogen (secondary N) is 2. The van der Waals surface area contributed by atoms with Crippen molar-refractivity contribution in [3.63, 3.8) is 0 Å². The van der Waals surface area contributed by atoms with Gasteiger partial charge < -0.3 is 29.7 Å². The molecule has 3 aromatic rings. The van der Waals surface area contributed by atoms with Gasteiger partial charge in [-0.1, -0.05) is 23.8 Å². The predicted octanol–water partition coefficient (Wildman–Crippen LogP) is 2.94. The third-order valence-corrected chi connectivity index (χ3v) is 4.62. The van der Waals surface area contributed by atoms with Crippen LogP contribution in [0, 0.1) is 0 Å². The quantitative estimate of drug-likeness (QED) is 0.289. The molecular formula is C20H18N3O7S-. The molecule has 0 fully saturated rings. The first-order chi connectivity index (χ1) is 14.9. The zero-order valence-corrected chi connectivity index (χ0v) is 17.0. The van der Waals surface area contributed by atoms with Gasteiger partial charge in [0.05, 0.1) is 18.4 Å². The fourth-order valence-corrected chi connectivity index (χ4v) is 3.02. The van der Waals surface area contributed by atoms with Crippen LogP contribution in [0.5, 0.6) is 17.2 Å². The second kappa shape index (κ2) is 9.80. The average molecular weight is 444 g/mol. The minimum Gasteiger partial charge on any atom is -0.754 e. The number of aromatic hydroxyl groups is 1. The van der Waals surface area contributed by atoms with Crippen LogP contribution in [0.15, 0.2) is 66.7 Å². The topological polar surface area (TPSA) is 143 Å². The summed E-state index contributed by atoms with van der Waals surface area (Å²) in [5.41, 5.74) is 3.44. The number of nitrogens with zero attached hydrogens (tertiary/aromatic N) is 1. The van der Waals surface area contributed by atoms with Gasteiger partial charge in [-0.15, -0.1) is 0 Å². The standard InChI is InChI=1S/C20H19N3O7S/c1-29-19-11-14(21-13-5-3-2-4-6-13)7-9-17(19)23(31(27)28)22-30-15-8-10-18(24)16(12-15)20(25)26/h2-12,21-22,24H,1H3,(H,25,26)(H,27,28)/p-1. The molecular weight excluding hydrogens is 426 g/mol. The van der Waals surface area contributed by atoms with Gasteiger partial charge in [-0.3, -0.25) is 4.21 Å². The normalized spacial score (nSPS) is 11.4. The molecule has 3 aromatic carbocycles. The van der Waals surface area contributed by atoms with Gasteiger partial charge in [0, 0.05) is 23.5 Å². The average Bonchev–Trinajstić information content (AvgIpc) is 2.76. The first kappa shape index (κ1) is 21.9. The Kier molecular flexibility index (Phi) is 6.92. The predicted molar refractivity (Wildman–Crippen MR) is 113 cm³/mol. The molecule has 0 radical (unpaired) electrons. The Labute approximate surface area is 180 Å². The van der Waals surface area contributed by atoms with E-state index in [9.17, 15) is 18.7 Å². The number of aromatic carboxylic acids is 1. The first-order valence-corrected chi connectivity index (χ1v) is 9.80. The van der Waals surface area contributed by atoms with E-state index in [1.54, 1.807) is 12.1 Å². The lowest BCUT2D eigenvalue weighted by Gasteiger charge is -2.27. The summed E-state index contributed by atoms with van der Waals surface area (Å²) < 4.78 is 29.5. The molecule has 0 aliphatic carbocycles. The molecule has 0 bridgehead atoms. The van der Waals surface area contributed by atoms with Crippen LogP contribution in [-0.4, -0.2) is 32.1 Å². The summed E-state index contributed by atoms with van der Waals surface area (Å²) in [5, 5.41) is 21.8. The summed E-state index contributed by atoms with van der Waals surface area (Å²) in [7, 11) is 1.39.